The molecule has 1 saturated heterocycles. The molecule has 2 N–H and O–H groups in total. The van der Waals surface area contributed by atoms with Crippen LogP contribution in [0.3, 0.4) is 0 Å². The van der Waals surface area contributed by atoms with Gasteiger partial charge in [-0.2, -0.15) is 0 Å². The number of phosphoric acid groups is 1. The lowest BCUT2D eigenvalue weighted by Crippen LogP contribution is -2.40. The summed E-state index contributed by atoms with van der Waals surface area (Å²) >= 11 is 0. The van der Waals surface area contributed by atoms with E-state index >= 15 is 0 Å². The van der Waals surface area contributed by atoms with E-state index in [1.807, 2.05) is 0 Å². The molecule has 1 fully saturated rings. The Bertz CT molecular complexity index is 359. The van der Waals surface area contributed by atoms with Gasteiger partial charge in [-0.15, -0.1) is 0 Å². The lowest BCUT2D eigenvalue weighted by atomic mass is 10.1. The van der Waals surface area contributed by atoms with Crippen molar-refractivity contribution in [1.82, 2.24) is 4.90 Å². The molecule has 1 aliphatic rings. The predicted molar refractivity (Wildman–Crippen MR) is 107 cm³/mol. The van der Waals surface area contributed by atoms with Gasteiger partial charge in [0.1, 0.15) is 0 Å². The highest BCUT2D eigenvalue weighted by Crippen LogP contribution is 2.49. The summed E-state index contributed by atoms with van der Waals surface area (Å²) in [6, 6.07) is 0.316. The van der Waals surface area contributed by atoms with Crippen molar-refractivity contribution in [2.24, 2.45) is 5.73 Å². The van der Waals surface area contributed by atoms with Gasteiger partial charge < -0.3 is 10.6 Å². The third kappa shape index (κ3) is 11.7. The Balaban J connectivity index is 2.31. The van der Waals surface area contributed by atoms with Crippen LogP contribution in [0.4, 0.5) is 0 Å². The number of phosphoric ester groups is 1. The smallest absolute Gasteiger partial charge is 0.328 e. The zero-order chi connectivity index (χ0) is 19.1. The van der Waals surface area contributed by atoms with Gasteiger partial charge in [0.25, 0.3) is 0 Å². The number of nitrogens with two attached hydrogens (primary N) is 1. The van der Waals surface area contributed by atoms with Gasteiger partial charge in [0, 0.05) is 12.6 Å². The highest BCUT2D eigenvalue weighted by Gasteiger charge is 2.27. The number of unbranched alkanes of at least 4 members (excludes halogenated alkanes) is 6. The van der Waals surface area contributed by atoms with Crippen molar-refractivity contribution in [3.8, 4) is 0 Å². The van der Waals surface area contributed by atoms with E-state index in [1.165, 1.54) is 25.7 Å². The van der Waals surface area contributed by atoms with E-state index in [-0.39, 0.29) is 0 Å². The molecule has 1 aliphatic heterocycles. The number of nitrogens with zero attached hydrogens (tertiary/aromatic N) is 1. The summed E-state index contributed by atoms with van der Waals surface area (Å²) in [5.41, 5.74) is 5.93. The first-order valence-electron chi connectivity index (χ1n) is 10.6. The molecule has 7 heteroatoms. The van der Waals surface area contributed by atoms with Crippen LogP contribution in [0.1, 0.15) is 78.1 Å². The third-order valence-corrected chi connectivity index (χ3v) is 6.28. The quantitative estimate of drug-likeness (QED) is 0.302. The maximum Gasteiger partial charge on any atom is 0.474 e. The van der Waals surface area contributed by atoms with Crippen LogP contribution in [0, 0.1) is 0 Å². The minimum atomic E-state index is -3.45. The number of likely N-dealkylation sites (tertiary alicyclic amines) is 1. The summed E-state index contributed by atoms with van der Waals surface area (Å²) in [7, 11) is -3.45. The van der Waals surface area contributed by atoms with Crippen molar-refractivity contribution in [3.05, 3.63) is 0 Å². The van der Waals surface area contributed by atoms with E-state index in [1.54, 1.807) is 0 Å². The van der Waals surface area contributed by atoms with E-state index in [0.717, 1.165) is 58.2 Å². The first-order valence-corrected chi connectivity index (χ1v) is 12.1. The van der Waals surface area contributed by atoms with Gasteiger partial charge in [-0.05, 0) is 38.8 Å². The summed E-state index contributed by atoms with van der Waals surface area (Å²) in [6.07, 6.45) is 10.7. The van der Waals surface area contributed by atoms with Gasteiger partial charge in [0.2, 0.25) is 0 Å². The van der Waals surface area contributed by atoms with Gasteiger partial charge in [-0.1, -0.05) is 52.4 Å². The van der Waals surface area contributed by atoms with Crippen LogP contribution in [-0.2, 0) is 18.1 Å². The SMILES string of the molecule is CCCCCCOP(=O)(OCCCCCC)OCCN1CCC(N)CC1. The van der Waals surface area contributed by atoms with Gasteiger partial charge in [0.15, 0.2) is 0 Å². The maximum absolute atomic E-state index is 12.9. The Morgan fingerprint density at radius 2 is 1.35 bits per heavy atom. The van der Waals surface area contributed by atoms with E-state index in [9.17, 15) is 4.57 Å². The molecule has 1 rings (SSSR count). The second-order valence-electron chi connectivity index (χ2n) is 7.25. The molecule has 0 aromatic heterocycles. The molecule has 0 atom stereocenters. The summed E-state index contributed by atoms with van der Waals surface area (Å²) in [5.74, 6) is 0. The van der Waals surface area contributed by atoms with E-state index < -0.39 is 7.82 Å². The molecule has 0 aromatic carbocycles. The van der Waals surface area contributed by atoms with Crippen molar-refractivity contribution in [2.45, 2.75) is 84.1 Å². The maximum atomic E-state index is 12.9. The zero-order valence-electron chi connectivity index (χ0n) is 17.0. The van der Waals surface area contributed by atoms with Crippen molar-refractivity contribution in [1.29, 1.82) is 0 Å². The van der Waals surface area contributed by atoms with Crippen molar-refractivity contribution in [3.63, 3.8) is 0 Å². The minimum absolute atomic E-state index is 0.316. The number of rotatable bonds is 16. The zero-order valence-corrected chi connectivity index (χ0v) is 17.9. The molecule has 0 radical (unpaired) electrons. The van der Waals surface area contributed by atoms with Crippen molar-refractivity contribution >= 4 is 7.82 Å². The third-order valence-electron chi connectivity index (χ3n) is 4.78. The van der Waals surface area contributed by atoms with Gasteiger partial charge in [0.05, 0.1) is 19.8 Å². The average Bonchev–Trinajstić information content (AvgIpc) is 2.63. The molecule has 0 amide bonds. The van der Waals surface area contributed by atoms with E-state index in [2.05, 4.69) is 18.7 Å². The van der Waals surface area contributed by atoms with Gasteiger partial charge >= 0.3 is 7.82 Å². The lowest BCUT2D eigenvalue weighted by molar-refractivity contribution is 0.0946. The first-order chi connectivity index (χ1) is 12.6. The highest BCUT2D eigenvalue weighted by molar-refractivity contribution is 7.48. The number of piperidine rings is 1. The second kappa shape index (κ2) is 15.0. The Morgan fingerprint density at radius 1 is 0.846 bits per heavy atom. The van der Waals surface area contributed by atoms with E-state index in [0.29, 0.717) is 25.9 Å². The van der Waals surface area contributed by atoms with E-state index in [4.69, 9.17) is 19.3 Å². The molecule has 1 heterocycles. The predicted octanol–water partition coefficient (Wildman–Crippen LogP) is 4.73. The topological polar surface area (TPSA) is 74.0 Å². The average molecular weight is 393 g/mol. The van der Waals surface area contributed by atoms with Gasteiger partial charge in [-0.3, -0.25) is 13.6 Å². The normalized spacial score (nSPS) is 17.0. The molecule has 26 heavy (non-hydrogen) atoms. The monoisotopic (exact) mass is 392 g/mol. The van der Waals surface area contributed by atoms with Gasteiger partial charge in [-0.25, -0.2) is 4.57 Å². The fourth-order valence-electron chi connectivity index (χ4n) is 2.98. The minimum Gasteiger partial charge on any atom is -0.328 e. The summed E-state index contributed by atoms with van der Waals surface area (Å²) in [5, 5.41) is 0. The van der Waals surface area contributed by atoms with Crippen LogP contribution in [0.2, 0.25) is 0 Å². The number of hydrogen-bond acceptors (Lipinski definition) is 6. The molecule has 6 nitrogen and oxygen atoms in total. The Kier molecular flexibility index (Phi) is 13.9. The summed E-state index contributed by atoms with van der Waals surface area (Å²) in [6.45, 7) is 8.28. The van der Waals surface area contributed by atoms with Crippen LogP contribution in [0.25, 0.3) is 0 Å². The molecule has 0 spiro atoms. The molecule has 0 saturated carbocycles. The van der Waals surface area contributed by atoms with Crippen molar-refractivity contribution < 1.29 is 18.1 Å². The molecular weight excluding hydrogens is 351 g/mol. The number of hydrogen-bond donors (Lipinski definition) is 1. The van der Waals surface area contributed by atoms with Crippen LogP contribution < -0.4 is 5.73 Å². The Hall–Kier alpha value is 0.0300. The molecule has 0 aromatic rings. The molecule has 0 bridgehead atoms. The van der Waals surface area contributed by atoms with Crippen molar-refractivity contribution in [2.75, 3.05) is 39.5 Å². The van der Waals surface area contributed by atoms with Crippen LogP contribution in [-0.4, -0.2) is 50.4 Å². The van der Waals surface area contributed by atoms with Crippen LogP contribution in [0.5, 0.6) is 0 Å². The largest absolute Gasteiger partial charge is 0.474 e. The molecular formula is C19H41N2O4P. The Labute approximate surface area is 160 Å². The fraction of sp³-hybridized carbons (Fsp3) is 1.00. The highest BCUT2D eigenvalue weighted by atomic mass is 31.2. The standard InChI is InChI=1S/C19H41N2O4P/c1-3-5-7-9-16-23-26(22,24-17-10-8-6-4-2)25-18-15-21-13-11-19(20)12-14-21/h19H,3-18,20H2,1-2H3. The summed E-state index contributed by atoms with van der Waals surface area (Å²) < 4.78 is 29.6. The first kappa shape index (κ1) is 24.1. The molecule has 0 aliphatic carbocycles. The van der Waals surface area contributed by atoms with Crippen LogP contribution >= 0.6 is 7.82 Å². The second-order valence-corrected chi connectivity index (χ2v) is 8.92. The molecule has 0 unspecified atom stereocenters. The fourth-order valence-corrected chi connectivity index (χ4v) is 4.21. The summed E-state index contributed by atoms with van der Waals surface area (Å²) in [4.78, 5) is 2.30. The van der Waals surface area contributed by atoms with Crippen LogP contribution in [0.15, 0.2) is 0 Å². The Morgan fingerprint density at radius 3 is 1.85 bits per heavy atom. The lowest BCUT2D eigenvalue weighted by Gasteiger charge is -2.30. The molecule has 156 valence electrons.